The van der Waals surface area contributed by atoms with E-state index in [2.05, 4.69) is 6.07 Å². The lowest BCUT2D eigenvalue weighted by Crippen LogP contribution is -2.55. The first-order valence-electron chi connectivity index (χ1n) is 10.8. The van der Waals surface area contributed by atoms with E-state index in [4.69, 9.17) is 4.74 Å². The van der Waals surface area contributed by atoms with Crippen molar-refractivity contribution in [3.05, 3.63) is 72.0 Å². The molecule has 3 aliphatic rings. The van der Waals surface area contributed by atoms with Crippen molar-refractivity contribution >= 4 is 34.5 Å². The Morgan fingerprint density at radius 3 is 2.50 bits per heavy atom. The second-order valence-electron chi connectivity index (χ2n) is 8.53. The molecule has 0 radical (unpaired) electrons. The summed E-state index contributed by atoms with van der Waals surface area (Å²) in [6.07, 6.45) is -0.149. The van der Waals surface area contributed by atoms with Crippen LogP contribution in [0.3, 0.4) is 0 Å². The Labute approximate surface area is 193 Å². The molecule has 2 bridgehead atoms. The Bertz CT molecular complexity index is 1420. The minimum Gasteiger partial charge on any atom is -0.410 e. The molecule has 0 aliphatic carbocycles. The standard InChI is InChI=1S/C25H17FN4O4/c26-15-6-8-17(9-7-15)34-25(33)28-13-16-11-21(28)22-23(31)30(24(32)29(16)22)20-10-5-14(12-27)18-3-1-2-4-19(18)20/h1-10,16,21-22H,11,13H2/t16?,21?,22-/m0/s1. The molecule has 6 rings (SSSR count). The minimum atomic E-state index is -0.804. The molecule has 168 valence electrons. The van der Waals surface area contributed by atoms with E-state index in [1.807, 2.05) is 0 Å². The average molecular weight is 456 g/mol. The normalized spacial score (nSPS) is 22.9. The van der Waals surface area contributed by atoms with Gasteiger partial charge in [0.05, 0.1) is 29.4 Å². The molecule has 3 saturated heterocycles. The van der Waals surface area contributed by atoms with Crippen LogP contribution in [0.5, 0.6) is 5.75 Å². The van der Waals surface area contributed by atoms with E-state index in [0.29, 0.717) is 28.4 Å². The highest BCUT2D eigenvalue weighted by Gasteiger charge is 2.63. The van der Waals surface area contributed by atoms with E-state index in [-0.39, 0.29) is 18.3 Å². The summed E-state index contributed by atoms with van der Waals surface area (Å²) in [5, 5.41) is 10.7. The third-order valence-corrected chi connectivity index (χ3v) is 6.78. The zero-order chi connectivity index (χ0) is 23.6. The van der Waals surface area contributed by atoms with Gasteiger partial charge in [-0.15, -0.1) is 0 Å². The van der Waals surface area contributed by atoms with Crippen molar-refractivity contribution in [3.63, 3.8) is 0 Å². The van der Waals surface area contributed by atoms with E-state index < -0.39 is 35.9 Å². The second-order valence-corrected chi connectivity index (χ2v) is 8.53. The van der Waals surface area contributed by atoms with Gasteiger partial charge >= 0.3 is 12.1 Å². The van der Waals surface area contributed by atoms with Crippen LogP contribution in [0.1, 0.15) is 12.0 Å². The number of fused-ring (bicyclic) bond motifs is 6. The van der Waals surface area contributed by atoms with Crippen molar-refractivity contribution in [1.29, 1.82) is 5.26 Å². The lowest BCUT2D eigenvalue weighted by Gasteiger charge is -2.34. The van der Waals surface area contributed by atoms with Gasteiger partial charge < -0.3 is 14.5 Å². The maximum atomic E-state index is 13.5. The largest absolute Gasteiger partial charge is 0.415 e. The quantitative estimate of drug-likeness (QED) is 0.549. The summed E-state index contributed by atoms with van der Waals surface area (Å²) in [6.45, 7) is 0.252. The Morgan fingerprint density at radius 2 is 1.76 bits per heavy atom. The molecule has 3 aliphatic heterocycles. The van der Waals surface area contributed by atoms with Gasteiger partial charge in [0.25, 0.3) is 5.91 Å². The fourth-order valence-corrected chi connectivity index (χ4v) is 5.33. The highest BCUT2D eigenvalue weighted by molar-refractivity contribution is 6.25. The summed E-state index contributed by atoms with van der Waals surface area (Å²) >= 11 is 0. The average Bonchev–Trinajstić information content (AvgIpc) is 3.51. The second kappa shape index (κ2) is 7.28. The van der Waals surface area contributed by atoms with Crippen molar-refractivity contribution in [2.75, 3.05) is 11.4 Å². The van der Waals surface area contributed by atoms with Crippen LogP contribution in [0.2, 0.25) is 0 Å². The molecule has 34 heavy (non-hydrogen) atoms. The van der Waals surface area contributed by atoms with Crippen molar-refractivity contribution in [1.82, 2.24) is 9.80 Å². The summed E-state index contributed by atoms with van der Waals surface area (Å²) < 4.78 is 18.5. The molecule has 0 N–H and O–H groups in total. The SMILES string of the molecule is N#Cc1ccc(N2C(=O)[C@@H]3C4CC(CN4C(=O)Oc4ccc(F)cc4)N3C2=O)c2ccccc12. The van der Waals surface area contributed by atoms with Crippen molar-refractivity contribution < 1.29 is 23.5 Å². The summed E-state index contributed by atoms with van der Waals surface area (Å²) in [6, 6.07) is 15.5. The molecule has 8 nitrogen and oxygen atoms in total. The number of ether oxygens (including phenoxy) is 1. The summed E-state index contributed by atoms with van der Waals surface area (Å²) in [4.78, 5) is 43.9. The van der Waals surface area contributed by atoms with Gasteiger partial charge in [-0.3, -0.25) is 4.79 Å². The van der Waals surface area contributed by atoms with E-state index in [0.717, 1.165) is 4.90 Å². The van der Waals surface area contributed by atoms with Crippen molar-refractivity contribution in [3.8, 4) is 11.8 Å². The van der Waals surface area contributed by atoms with E-state index in [9.17, 15) is 24.0 Å². The fraction of sp³-hybridized carbons (Fsp3) is 0.200. The number of hydrogen-bond acceptors (Lipinski definition) is 5. The van der Waals surface area contributed by atoms with Gasteiger partial charge in [-0.25, -0.2) is 18.9 Å². The van der Waals surface area contributed by atoms with Crippen LogP contribution >= 0.6 is 0 Å². The predicted octanol–water partition coefficient (Wildman–Crippen LogP) is 3.64. The van der Waals surface area contributed by atoms with Crippen molar-refractivity contribution in [2.45, 2.75) is 24.5 Å². The fourth-order valence-electron chi connectivity index (χ4n) is 5.33. The van der Waals surface area contributed by atoms with Gasteiger partial charge in [0.15, 0.2) is 0 Å². The van der Waals surface area contributed by atoms with Gasteiger partial charge in [-0.2, -0.15) is 5.26 Å². The maximum absolute atomic E-state index is 13.5. The Morgan fingerprint density at radius 1 is 1.03 bits per heavy atom. The Kier molecular flexibility index (Phi) is 4.32. The summed E-state index contributed by atoms with van der Waals surface area (Å²) in [5.41, 5.74) is 0.868. The van der Waals surface area contributed by atoms with Crippen LogP contribution in [0.15, 0.2) is 60.7 Å². The Hall–Kier alpha value is -4.45. The van der Waals surface area contributed by atoms with Gasteiger partial charge in [0.1, 0.15) is 17.6 Å². The van der Waals surface area contributed by atoms with Gasteiger partial charge in [0.2, 0.25) is 0 Å². The van der Waals surface area contributed by atoms with Gasteiger partial charge in [-0.05, 0) is 42.8 Å². The van der Waals surface area contributed by atoms with Crippen LogP contribution in [-0.2, 0) is 4.79 Å². The molecule has 3 aromatic carbocycles. The van der Waals surface area contributed by atoms with Crippen LogP contribution in [0, 0.1) is 17.1 Å². The lowest BCUT2D eigenvalue weighted by atomic mass is 10.0. The Balaban J connectivity index is 1.31. The molecule has 9 heteroatoms. The molecule has 0 spiro atoms. The highest BCUT2D eigenvalue weighted by atomic mass is 19.1. The topological polar surface area (TPSA) is 93.9 Å². The molecule has 3 heterocycles. The molecular weight excluding hydrogens is 439 g/mol. The number of carbonyl (C=O) groups excluding carboxylic acids is 3. The smallest absolute Gasteiger partial charge is 0.410 e. The van der Waals surface area contributed by atoms with Gasteiger partial charge in [-0.1, -0.05) is 24.3 Å². The number of imide groups is 1. The number of anilines is 1. The molecular formula is C25H17FN4O4. The lowest BCUT2D eigenvalue weighted by molar-refractivity contribution is -0.121. The number of halogens is 1. The number of likely N-dealkylation sites (tertiary alicyclic amines) is 1. The zero-order valence-electron chi connectivity index (χ0n) is 17.7. The van der Waals surface area contributed by atoms with E-state index in [1.165, 1.54) is 29.2 Å². The highest BCUT2D eigenvalue weighted by Crippen LogP contribution is 2.44. The first-order valence-corrected chi connectivity index (χ1v) is 10.8. The first-order chi connectivity index (χ1) is 16.5. The van der Waals surface area contributed by atoms with E-state index in [1.54, 1.807) is 41.3 Å². The third kappa shape index (κ3) is 2.78. The third-order valence-electron chi connectivity index (χ3n) is 6.78. The van der Waals surface area contributed by atoms with E-state index >= 15 is 0 Å². The van der Waals surface area contributed by atoms with Crippen LogP contribution in [0.4, 0.5) is 19.7 Å². The summed E-state index contributed by atoms with van der Waals surface area (Å²) in [5.74, 6) is -0.654. The van der Waals surface area contributed by atoms with Crippen LogP contribution in [-0.4, -0.2) is 52.5 Å². The number of nitrogens with zero attached hydrogens (tertiary/aromatic N) is 4. The molecule has 4 amide bonds. The van der Waals surface area contributed by atoms with Gasteiger partial charge in [0, 0.05) is 17.3 Å². The molecule has 0 saturated carbocycles. The zero-order valence-corrected chi connectivity index (χ0v) is 17.7. The van der Waals surface area contributed by atoms with Crippen molar-refractivity contribution in [2.24, 2.45) is 0 Å². The maximum Gasteiger partial charge on any atom is 0.415 e. The number of amides is 4. The molecule has 3 atom stereocenters. The molecule has 2 unspecified atom stereocenters. The number of piperazine rings is 1. The number of rotatable bonds is 2. The predicted molar refractivity (Wildman–Crippen MR) is 118 cm³/mol. The number of carbonyl (C=O) groups is 3. The van der Waals surface area contributed by atoms with Crippen LogP contribution in [0.25, 0.3) is 10.8 Å². The molecule has 0 aromatic heterocycles. The minimum absolute atomic E-state index is 0.200. The summed E-state index contributed by atoms with van der Waals surface area (Å²) in [7, 11) is 0. The molecule has 3 fully saturated rings. The van der Waals surface area contributed by atoms with Crippen LogP contribution < -0.4 is 9.64 Å². The monoisotopic (exact) mass is 456 g/mol. The molecule has 3 aromatic rings. The number of urea groups is 1. The number of nitriles is 1. The number of hydrogen-bond donors (Lipinski definition) is 0. The number of benzene rings is 3. The first kappa shape index (κ1) is 20.2.